The van der Waals surface area contributed by atoms with Gasteiger partial charge in [0.2, 0.25) is 0 Å². The van der Waals surface area contributed by atoms with E-state index in [0.717, 1.165) is 17.4 Å². The lowest BCUT2D eigenvalue weighted by atomic mass is 9.50. The van der Waals surface area contributed by atoms with E-state index in [4.69, 9.17) is 9.47 Å². The molecule has 0 amide bonds. The van der Waals surface area contributed by atoms with E-state index in [1.54, 1.807) is 0 Å². The quantitative estimate of drug-likeness (QED) is 0.394. The van der Waals surface area contributed by atoms with E-state index in [1.165, 1.54) is 48.8 Å². The van der Waals surface area contributed by atoms with Crippen LogP contribution in [-0.2, 0) is 9.53 Å². The predicted molar refractivity (Wildman–Crippen MR) is 121 cm³/mol. The molecule has 0 heterocycles. The van der Waals surface area contributed by atoms with E-state index < -0.39 is 0 Å². The highest BCUT2D eigenvalue weighted by Crippen LogP contribution is 2.59. The van der Waals surface area contributed by atoms with Crippen LogP contribution in [0.3, 0.4) is 0 Å². The van der Waals surface area contributed by atoms with Crippen LogP contribution in [0.1, 0.15) is 72.3 Å². The minimum absolute atomic E-state index is 0.0231. The Bertz CT molecular complexity index is 823. The van der Waals surface area contributed by atoms with E-state index in [0.29, 0.717) is 17.6 Å². The minimum Gasteiger partial charge on any atom is -0.482 e. The summed E-state index contributed by atoms with van der Waals surface area (Å²) >= 11 is 0. The molecule has 5 rings (SSSR count). The van der Waals surface area contributed by atoms with Gasteiger partial charge >= 0.3 is 5.97 Å². The summed E-state index contributed by atoms with van der Waals surface area (Å²) < 4.78 is 11.9. The second kappa shape index (κ2) is 8.24. The lowest BCUT2D eigenvalue weighted by Crippen LogP contribution is -2.58. The van der Waals surface area contributed by atoms with E-state index in [-0.39, 0.29) is 18.2 Å². The van der Waals surface area contributed by atoms with Gasteiger partial charge in [0.05, 0.1) is 0 Å². The zero-order valence-electron chi connectivity index (χ0n) is 19.2. The Morgan fingerprint density at radius 2 is 1.53 bits per heavy atom. The average Bonchev–Trinajstić information content (AvgIpc) is 2.68. The second-order valence-electron chi connectivity index (χ2n) is 10.4. The van der Waals surface area contributed by atoms with Gasteiger partial charge in [-0.05, 0) is 114 Å². The predicted octanol–water partition coefficient (Wildman–Crippen LogP) is 6.58. The lowest BCUT2D eigenvalue weighted by molar-refractivity contribution is -0.204. The van der Waals surface area contributed by atoms with Gasteiger partial charge in [0.15, 0.2) is 6.61 Å². The molecule has 0 radical (unpaired) electrons. The lowest BCUT2D eigenvalue weighted by Gasteiger charge is -2.59. The molecular weight excluding hydrogens is 372 g/mol. The Labute approximate surface area is 181 Å². The number of esters is 1. The van der Waals surface area contributed by atoms with Gasteiger partial charge < -0.3 is 9.47 Å². The number of ether oxygens (including phenoxy) is 2. The van der Waals surface area contributed by atoms with Crippen LogP contribution in [0.4, 0.5) is 0 Å². The number of benzene rings is 1. The van der Waals surface area contributed by atoms with E-state index >= 15 is 0 Å². The molecule has 162 valence electrons. The van der Waals surface area contributed by atoms with Crippen LogP contribution in [0.2, 0.25) is 0 Å². The SMILES string of the molecule is CC(C)=CC(=C(C)C)c1ccc(OCC(=O)OC2(C)C3CC4CC(C3)CC2C4)cc1. The molecule has 4 bridgehead atoms. The normalized spacial score (nSPS) is 31.2. The van der Waals surface area contributed by atoms with Crippen LogP contribution < -0.4 is 4.74 Å². The van der Waals surface area contributed by atoms with E-state index in [2.05, 4.69) is 52.8 Å². The Hall–Kier alpha value is -2.03. The number of hydrogen-bond donors (Lipinski definition) is 0. The smallest absolute Gasteiger partial charge is 0.344 e. The van der Waals surface area contributed by atoms with Crippen LogP contribution >= 0.6 is 0 Å². The van der Waals surface area contributed by atoms with Crippen molar-refractivity contribution in [3.05, 3.63) is 47.1 Å². The maximum atomic E-state index is 12.6. The topological polar surface area (TPSA) is 35.5 Å². The van der Waals surface area contributed by atoms with Crippen molar-refractivity contribution < 1.29 is 14.3 Å². The summed E-state index contributed by atoms with van der Waals surface area (Å²) in [5.41, 5.74) is 4.65. The molecule has 30 heavy (non-hydrogen) atoms. The van der Waals surface area contributed by atoms with Crippen LogP contribution in [0, 0.1) is 23.7 Å². The first kappa shape index (κ1) is 21.2. The molecule has 0 spiro atoms. The molecule has 0 atom stereocenters. The summed E-state index contributed by atoms with van der Waals surface area (Å²) in [4.78, 5) is 12.6. The molecule has 0 unspecified atom stereocenters. The fourth-order valence-electron chi connectivity index (χ4n) is 6.24. The Kier molecular flexibility index (Phi) is 5.83. The molecule has 1 aromatic carbocycles. The summed E-state index contributed by atoms with van der Waals surface area (Å²) in [6.45, 7) is 10.6. The number of rotatable bonds is 6. The summed E-state index contributed by atoms with van der Waals surface area (Å²) in [6.07, 6.45) is 8.54. The first-order valence-electron chi connectivity index (χ1n) is 11.5. The molecule has 3 heteroatoms. The van der Waals surface area contributed by atoms with Crippen LogP contribution in [0.5, 0.6) is 5.75 Å². The largest absolute Gasteiger partial charge is 0.482 e. The van der Waals surface area contributed by atoms with Crippen molar-refractivity contribution in [1.29, 1.82) is 0 Å². The van der Waals surface area contributed by atoms with Crippen molar-refractivity contribution in [3.8, 4) is 5.75 Å². The van der Waals surface area contributed by atoms with Crippen LogP contribution in [0.15, 0.2) is 41.5 Å². The standard InChI is InChI=1S/C27H36O3/c1-17(2)10-25(18(3)4)21-6-8-24(9-7-21)29-16-26(28)30-27(5)22-12-19-11-20(14-22)15-23(27)13-19/h6-10,19-20,22-23H,11-16H2,1-5H3. The first-order chi connectivity index (χ1) is 14.2. The molecular formula is C27H36O3. The second-order valence-corrected chi connectivity index (χ2v) is 10.4. The Morgan fingerprint density at radius 1 is 0.967 bits per heavy atom. The summed E-state index contributed by atoms with van der Waals surface area (Å²) in [7, 11) is 0. The number of carbonyl (C=O) groups is 1. The van der Waals surface area contributed by atoms with Crippen molar-refractivity contribution in [2.45, 2.75) is 72.3 Å². The monoisotopic (exact) mass is 408 g/mol. The third-order valence-electron chi connectivity index (χ3n) is 7.59. The van der Waals surface area contributed by atoms with Gasteiger partial charge in [-0.15, -0.1) is 0 Å². The fraction of sp³-hybridized carbons (Fsp3) is 0.593. The molecule has 4 saturated carbocycles. The van der Waals surface area contributed by atoms with Crippen LogP contribution in [-0.4, -0.2) is 18.2 Å². The van der Waals surface area contributed by atoms with Gasteiger partial charge in [-0.25, -0.2) is 4.79 Å². The van der Waals surface area contributed by atoms with Gasteiger partial charge in [-0.1, -0.05) is 29.4 Å². The molecule has 3 nitrogen and oxygen atoms in total. The van der Waals surface area contributed by atoms with Gasteiger partial charge in [0, 0.05) is 0 Å². The van der Waals surface area contributed by atoms with Crippen molar-refractivity contribution in [2.24, 2.45) is 23.7 Å². The van der Waals surface area contributed by atoms with Crippen molar-refractivity contribution >= 4 is 11.5 Å². The fourth-order valence-corrected chi connectivity index (χ4v) is 6.24. The summed E-state index contributed by atoms with van der Waals surface area (Å²) in [5.74, 6) is 3.28. The van der Waals surface area contributed by atoms with Gasteiger partial charge in [-0.2, -0.15) is 0 Å². The Morgan fingerprint density at radius 3 is 2.03 bits per heavy atom. The van der Waals surface area contributed by atoms with Gasteiger partial charge in [0.25, 0.3) is 0 Å². The maximum absolute atomic E-state index is 12.6. The van der Waals surface area contributed by atoms with Gasteiger partial charge in [0.1, 0.15) is 11.4 Å². The highest BCUT2D eigenvalue weighted by molar-refractivity contribution is 5.77. The van der Waals surface area contributed by atoms with Crippen LogP contribution in [0.25, 0.3) is 5.57 Å². The molecule has 0 saturated heterocycles. The molecule has 0 N–H and O–H groups in total. The molecule has 0 aromatic heterocycles. The molecule has 4 aliphatic carbocycles. The zero-order valence-corrected chi connectivity index (χ0v) is 19.2. The highest BCUT2D eigenvalue weighted by Gasteiger charge is 2.57. The van der Waals surface area contributed by atoms with E-state index in [1.807, 2.05) is 12.1 Å². The minimum atomic E-state index is -0.291. The third-order valence-corrected chi connectivity index (χ3v) is 7.59. The molecule has 1 aromatic rings. The maximum Gasteiger partial charge on any atom is 0.344 e. The average molecular weight is 409 g/mol. The molecule has 0 aliphatic heterocycles. The van der Waals surface area contributed by atoms with Crippen molar-refractivity contribution in [1.82, 2.24) is 0 Å². The third kappa shape index (κ3) is 4.22. The van der Waals surface area contributed by atoms with Crippen molar-refractivity contribution in [2.75, 3.05) is 6.61 Å². The molecule has 4 aliphatic rings. The van der Waals surface area contributed by atoms with Crippen molar-refractivity contribution in [3.63, 3.8) is 0 Å². The number of hydrogen-bond acceptors (Lipinski definition) is 3. The zero-order chi connectivity index (χ0) is 21.5. The number of carbonyl (C=O) groups excluding carboxylic acids is 1. The highest BCUT2D eigenvalue weighted by atomic mass is 16.6. The summed E-state index contributed by atoms with van der Waals surface area (Å²) in [5, 5.41) is 0. The Balaban J connectivity index is 1.35. The number of allylic oxidation sites excluding steroid dienone is 4. The summed E-state index contributed by atoms with van der Waals surface area (Å²) in [6, 6.07) is 7.99. The van der Waals surface area contributed by atoms with Gasteiger partial charge in [-0.3, -0.25) is 0 Å². The first-order valence-corrected chi connectivity index (χ1v) is 11.5. The molecule has 4 fully saturated rings. The van der Waals surface area contributed by atoms with E-state index in [9.17, 15) is 4.79 Å².